The van der Waals surface area contributed by atoms with Crippen molar-refractivity contribution in [2.24, 2.45) is 0 Å². The van der Waals surface area contributed by atoms with Crippen molar-refractivity contribution in [2.75, 3.05) is 0 Å². The van der Waals surface area contributed by atoms with Crippen LogP contribution in [-0.2, 0) is 5.41 Å². The van der Waals surface area contributed by atoms with Crippen molar-refractivity contribution >= 4 is 0 Å². The van der Waals surface area contributed by atoms with E-state index in [4.69, 9.17) is 4.52 Å². The molecule has 2 heterocycles. The Bertz CT molecular complexity index is 695. The second-order valence-electron chi connectivity index (χ2n) is 6.01. The number of benzene rings is 1. The van der Waals surface area contributed by atoms with Gasteiger partial charge in [0, 0.05) is 17.8 Å². The molecule has 5 nitrogen and oxygen atoms in total. The Hall–Kier alpha value is -2.43. The minimum atomic E-state index is -0.204. The molecule has 0 aliphatic heterocycles. The molecular formula is C16H18N4O. The van der Waals surface area contributed by atoms with Crippen LogP contribution in [-0.4, -0.2) is 19.9 Å². The van der Waals surface area contributed by atoms with Crippen molar-refractivity contribution in [2.45, 2.75) is 32.2 Å². The highest BCUT2D eigenvalue weighted by molar-refractivity contribution is 5.25. The lowest BCUT2D eigenvalue weighted by Crippen LogP contribution is -2.16. The Balaban J connectivity index is 2.06. The number of rotatable bonds is 3. The summed E-state index contributed by atoms with van der Waals surface area (Å²) in [6, 6.07) is 11.7. The third kappa shape index (κ3) is 2.72. The predicted octanol–water partition coefficient (Wildman–Crippen LogP) is 3.20. The van der Waals surface area contributed by atoms with Gasteiger partial charge in [-0.1, -0.05) is 56.3 Å². The molecule has 0 bridgehead atoms. The fraction of sp³-hybridized carbons (Fsp3) is 0.312. The monoisotopic (exact) mass is 282 g/mol. The predicted molar refractivity (Wildman–Crippen MR) is 78.9 cm³/mol. The Kier molecular flexibility index (Phi) is 3.33. The second kappa shape index (κ2) is 5.16. The lowest BCUT2D eigenvalue weighted by molar-refractivity contribution is 0.336. The summed E-state index contributed by atoms with van der Waals surface area (Å²) in [7, 11) is 0. The van der Waals surface area contributed by atoms with E-state index in [-0.39, 0.29) is 11.5 Å². The molecule has 0 fully saturated rings. The molecule has 0 amide bonds. The van der Waals surface area contributed by atoms with Crippen LogP contribution in [0.4, 0.5) is 0 Å². The maximum atomic E-state index is 5.51. The van der Waals surface area contributed by atoms with Crippen LogP contribution in [0.25, 0.3) is 0 Å². The maximum Gasteiger partial charge on any atom is 0.256 e. The molecule has 2 aromatic heterocycles. The van der Waals surface area contributed by atoms with E-state index in [1.807, 2.05) is 47.3 Å². The number of hydrogen-bond acceptors (Lipinski definition) is 4. The van der Waals surface area contributed by atoms with Gasteiger partial charge in [-0.05, 0) is 11.6 Å². The normalized spacial score (nSPS) is 13.3. The molecule has 0 saturated carbocycles. The van der Waals surface area contributed by atoms with Crippen LogP contribution in [0.15, 0.2) is 53.3 Å². The van der Waals surface area contributed by atoms with Crippen LogP contribution in [0.3, 0.4) is 0 Å². The molecule has 21 heavy (non-hydrogen) atoms. The summed E-state index contributed by atoms with van der Waals surface area (Å²) in [4.78, 5) is 4.58. The topological polar surface area (TPSA) is 56.7 Å². The quantitative estimate of drug-likeness (QED) is 0.740. The lowest BCUT2D eigenvalue weighted by Gasteiger charge is -2.14. The van der Waals surface area contributed by atoms with Crippen LogP contribution < -0.4 is 0 Å². The molecule has 0 saturated heterocycles. The van der Waals surface area contributed by atoms with E-state index in [1.165, 1.54) is 0 Å². The van der Waals surface area contributed by atoms with Gasteiger partial charge in [-0.25, -0.2) is 0 Å². The average Bonchev–Trinajstić information content (AvgIpc) is 3.11. The first-order valence-corrected chi connectivity index (χ1v) is 6.94. The summed E-state index contributed by atoms with van der Waals surface area (Å²) < 4.78 is 7.34. The van der Waals surface area contributed by atoms with Crippen molar-refractivity contribution in [3.05, 3.63) is 66.1 Å². The van der Waals surface area contributed by atoms with Gasteiger partial charge in [0.2, 0.25) is 0 Å². The molecule has 1 unspecified atom stereocenters. The molecule has 3 aromatic rings. The summed E-state index contributed by atoms with van der Waals surface area (Å²) in [5, 5.41) is 8.45. The first-order chi connectivity index (χ1) is 10.1. The first kappa shape index (κ1) is 13.5. The van der Waals surface area contributed by atoms with Gasteiger partial charge >= 0.3 is 0 Å². The fourth-order valence-electron chi connectivity index (χ4n) is 2.13. The highest BCUT2D eigenvalue weighted by Gasteiger charge is 2.27. The maximum absolute atomic E-state index is 5.51. The smallest absolute Gasteiger partial charge is 0.256 e. The van der Waals surface area contributed by atoms with Gasteiger partial charge in [-0.3, -0.25) is 4.68 Å². The van der Waals surface area contributed by atoms with Crippen molar-refractivity contribution in [1.29, 1.82) is 0 Å². The van der Waals surface area contributed by atoms with E-state index < -0.39 is 0 Å². The molecule has 0 aliphatic rings. The van der Waals surface area contributed by atoms with Gasteiger partial charge in [-0.15, -0.1) is 0 Å². The summed E-state index contributed by atoms with van der Waals surface area (Å²) in [5.41, 5.74) is 0.915. The highest BCUT2D eigenvalue weighted by Crippen LogP contribution is 2.27. The van der Waals surface area contributed by atoms with E-state index >= 15 is 0 Å². The molecule has 5 heteroatoms. The van der Waals surface area contributed by atoms with Crippen molar-refractivity contribution in [3.63, 3.8) is 0 Å². The average molecular weight is 282 g/mol. The Morgan fingerprint density at radius 3 is 2.43 bits per heavy atom. The number of nitrogens with zero attached hydrogens (tertiary/aromatic N) is 4. The van der Waals surface area contributed by atoms with Crippen LogP contribution >= 0.6 is 0 Å². The van der Waals surface area contributed by atoms with Crippen molar-refractivity contribution < 1.29 is 4.52 Å². The highest BCUT2D eigenvalue weighted by atomic mass is 16.5. The SMILES string of the molecule is CC(C)(C)c1noc(C(c2ccccc2)n2cccn2)n1. The minimum Gasteiger partial charge on any atom is -0.337 e. The molecule has 108 valence electrons. The zero-order valence-corrected chi connectivity index (χ0v) is 12.4. The molecule has 3 rings (SSSR count). The van der Waals surface area contributed by atoms with E-state index in [1.54, 1.807) is 6.20 Å². The van der Waals surface area contributed by atoms with Crippen molar-refractivity contribution in [3.8, 4) is 0 Å². The third-order valence-corrected chi connectivity index (χ3v) is 3.25. The van der Waals surface area contributed by atoms with Gasteiger partial charge < -0.3 is 4.52 Å². The van der Waals surface area contributed by atoms with Crippen LogP contribution in [0.5, 0.6) is 0 Å². The van der Waals surface area contributed by atoms with Crippen molar-refractivity contribution in [1.82, 2.24) is 19.9 Å². The van der Waals surface area contributed by atoms with Gasteiger partial charge in [-0.2, -0.15) is 10.1 Å². The Morgan fingerprint density at radius 1 is 1.10 bits per heavy atom. The Labute approximate surface area is 123 Å². The van der Waals surface area contributed by atoms with Crippen LogP contribution in [0.1, 0.15) is 44.1 Å². The Morgan fingerprint density at radius 2 is 1.86 bits per heavy atom. The largest absolute Gasteiger partial charge is 0.337 e. The zero-order valence-electron chi connectivity index (χ0n) is 12.4. The molecule has 0 aliphatic carbocycles. The molecule has 0 spiro atoms. The molecule has 0 N–H and O–H groups in total. The van der Waals surface area contributed by atoms with Gasteiger partial charge in [0.1, 0.15) is 0 Å². The summed E-state index contributed by atoms with van der Waals surface area (Å²) >= 11 is 0. The van der Waals surface area contributed by atoms with Gasteiger partial charge in [0.05, 0.1) is 0 Å². The minimum absolute atomic E-state index is 0.146. The summed E-state index contributed by atoms with van der Waals surface area (Å²) in [6.07, 6.45) is 3.65. The van der Waals surface area contributed by atoms with Crippen LogP contribution in [0.2, 0.25) is 0 Å². The van der Waals surface area contributed by atoms with Crippen LogP contribution in [0, 0.1) is 0 Å². The second-order valence-corrected chi connectivity index (χ2v) is 6.01. The van der Waals surface area contributed by atoms with E-state index in [0.717, 1.165) is 5.56 Å². The summed E-state index contributed by atoms with van der Waals surface area (Å²) in [6.45, 7) is 6.19. The van der Waals surface area contributed by atoms with Gasteiger partial charge in [0.15, 0.2) is 11.9 Å². The third-order valence-electron chi connectivity index (χ3n) is 3.25. The van der Waals surface area contributed by atoms with E-state index in [2.05, 4.69) is 36.0 Å². The standard InChI is InChI=1S/C16H18N4O/c1-16(2,3)15-18-14(21-19-15)13(20-11-7-10-17-20)12-8-5-4-6-9-12/h4-11,13H,1-3H3. The molecular weight excluding hydrogens is 264 g/mol. The zero-order chi connectivity index (χ0) is 14.9. The summed E-state index contributed by atoms with van der Waals surface area (Å²) in [5.74, 6) is 1.25. The molecule has 1 atom stereocenters. The number of hydrogen-bond donors (Lipinski definition) is 0. The number of aromatic nitrogens is 4. The van der Waals surface area contributed by atoms with E-state index in [0.29, 0.717) is 11.7 Å². The first-order valence-electron chi connectivity index (χ1n) is 6.94. The lowest BCUT2D eigenvalue weighted by atomic mass is 9.96. The van der Waals surface area contributed by atoms with E-state index in [9.17, 15) is 0 Å². The fourth-order valence-corrected chi connectivity index (χ4v) is 2.13. The van der Waals surface area contributed by atoms with Gasteiger partial charge in [0.25, 0.3) is 5.89 Å². The molecule has 0 radical (unpaired) electrons. The molecule has 1 aromatic carbocycles.